The molecule has 1 saturated heterocycles. The molecule has 34 heavy (non-hydrogen) atoms. The van der Waals surface area contributed by atoms with Gasteiger partial charge in [-0.1, -0.05) is 18.2 Å². The first-order chi connectivity index (χ1) is 16.3. The number of nitro groups is 1. The van der Waals surface area contributed by atoms with E-state index in [2.05, 4.69) is 15.7 Å². The van der Waals surface area contributed by atoms with Gasteiger partial charge in [-0.3, -0.25) is 24.6 Å². The summed E-state index contributed by atoms with van der Waals surface area (Å²) in [6.45, 7) is 4.23. The molecular weight excluding hydrogens is 443 g/mol. The van der Waals surface area contributed by atoms with Gasteiger partial charge < -0.3 is 10.6 Å². The van der Waals surface area contributed by atoms with Crippen LogP contribution in [0.2, 0.25) is 0 Å². The van der Waals surface area contributed by atoms with Crippen molar-refractivity contribution in [2.75, 3.05) is 25.0 Å². The smallest absolute Gasteiger partial charge is 0.295 e. The predicted octanol–water partition coefficient (Wildman–Crippen LogP) is 2.65. The second-order valence-electron chi connectivity index (χ2n) is 7.96. The van der Waals surface area contributed by atoms with Crippen LogP contribution < -0.4 is 10.6 Å². The Hall–Kier alpha value is -4.12. The van der Waals surface area contributed by atoms with E-state index in [1.807, 2.05) is 44.2 Å². The molecule has 0 aliphatic carbocycles. The molecule has 2 aromatic carbocycles. The Kier molecular flexibility index (Phi) is 6.37. The second kappa shape index (κ2) is 9.40. The molecule has 1 unspecified atom stereocenters. The van der Waals surface area contributed by atoms with Crippen LogP contribution in [0.5, 0.6) is 0 Å². The number of rotatable bonds is 6. The van der Waals surface area contributed by atoms with Crippen molar-refractivity contribution in [3.05, 3.63) is 81.4 Å². The van der Waals surface area contributed by atoms with E-state index in [9.17, 15) is 24.1 Å². The van der Waals surface area contributed by atoms with Crippen LogP contribution >= 0.6 is 0 Å². The molecule has 10 nitrogen and oxygen atoms in total. The molecule has 1 aromatic heterocycles. The van der Waals surface area contributed by atoms with Crippen molar-refractivity contribution in [1.82, 2.24) is 20.0 Å². The molecule has 1 aliphatic rings. The van der Waals surface area contributed by atoms with Crippen molar-refractivity contribution in [3.8, 4) is 5.69 Å². The Balaban J connectivity index is 1.61. The summed E-state index contributed by atoms with van der Waals surface area (Å²) < 4.78 is 15.2. The zero-order valence-corrected chi connectivity index (χ0v) is 18.6. The van der Waals surface area contributed by atoms with E-state index < -0.39 is 28.4 Å². The van der Waals surface area contributed by atoms with Crippen molar-refractivity contribution in [2.24, 2.45) is 0 Å². The number of para-hydroxylation sites is 1. The van der Waals surface area contributed by atoms with E-state index in [1.54, 1.807) is 9.58 Å². The van der Waals surface area contributed by atoms with Gasteiger partial charge in [0.1, 0.15) is 17.5 Å². The van der Waals surface area contributed by atoms with Gasteiger partial charge in [-0.25, -0.2) is 9.07 Å². The number of nitrogens with one attached hydrogen (secondary N) is 2. The predicted molar refractivity (Wildman–Crippen MR) is 122 cm³/mol. The highest BCUT2D eigenvalue weighted by Crippen LogP contribution is 2.31. The molecule has 0 saturated carbocycles. The lowest BCUT2D eigenvalue weighted by atomic mass is 10.00. The monoisotopic (exact) mass is 466 g/mol. The highest BCUT2D eigenvalue weighted by molar-refractivity contribution is 5.95. The molecule has 2 N–H and O–H groups in total. The molecule has 11 heteroatoms. The Labute approximate surface area is 194 Å². The number of halogens is 1. The molecule has 1 aliphatic heterocycles. The lowest BCUT2D eigenvalue weighted by molar-refractivity contribution is -0.384. The number of amides is 2. The lowest BCUT2D eigenvalue weighted by Gasteiger charge is -2.34. The summed E-state index contributed by atoms with van der Waals surface area (Å²) >= 11 is 0. The summed E-state index contributed by atoms with van der Waals surface area (Å²) in [6, 6.07) is 11.7. The quantitative estimate of drug-likeness (QED) is 0.425. The number of benzene rings is 2. The second-order valence-corrected chi connectivity index (χ2v) is 7.96. The van der Waals surface area contributed by atoms with Crippen LogP contribution in [0.3, 0.4) is 0 Å². The van der Waals surface area contributed by atoms with Crippen LogP contribution in [0.25, 0.3) is 5.69 Å². The van der Waals surface area contributed by atoms with Crippen molar-refractivity contribution in [2.45, 2.75) is 19.9 Å². The number of carbonyl (C=O) groups is 2. The molecule has 0 radical (unpaired) electrons. The minimum absolute atomic E-state index is 0.112. The third kappa shape index (κ3) is 4.50. The average molecular weight is 466 g/mol. The number of anilines is 1. The van der Waals surface area contributed by atoms with E-state index in [1.165, 1.54) is 0 Å². The van der Waals surface area contributed by atoms with Gasteiger partial charge in [0.15, 0.2) is 0 Å². The van der Waals surface area contributed by atoms with Gasteiger partial charge in [-0.15, -0.1) is 0 Å². The van der Waals surface area contributed by atoms with Crippen molar-refractivity contribution in [3.63, 3.8) is 0 Å². The zero-order valence-electron chi connectivity index (χ0n) is 18.6. The molecule has 1 fully saturated rings. The van der Waals surface area contributed by atoms with E-state index in [0.29, 0.717) is 24.3 Å². The number of nitrogens with zero attached hydrogens (tertiary/aromatic N) is 4. The molecule has 176 valence electrons. The third-order valence-electron chi connectivity index (χ3n) is 5.71. The highest BCUT2D eigenvalue weighted by atomic mass is 19.1. The van der Waals surface area contributed by atoms with Crippen molar-refractivity contribution >= 4 is 23.2 Å². The Morgan fingerprint density at radius 3 is 2.71 bits per heavy atom. The van der Waals surface area contributed by atoms with Crippen LogP contribution in [0.15, 0.2) is 48.5 Å². The number of aromatic nitrogens is 2. The third-order valence-corrected chi connectivity index (χ3v) is 5.71. The molecular formula is C23H23FN6O4. The fourth-order valence-electron chi connectivity index (χ4n) is 4.21. The molecule has 0 spiro atoms. The Morgan fingerprint density at radius 2 is 2.00 bits per heavy atom. The number of hydrogen-bond donors (Lipinski definition) is 2. The number of carbonyl (C=O) groups excluding carboxylic acids is 2. The summed E-state index contributed by atoms with van der Waals surface area (Å²) in [7, 11) is 0. The van der Waals surface area contributed by atoms with Gasteiger partial charge in [0.2, 0.25) is 11.8 Å². The van der Waals surface area contributed by atoms with Gasteiger partial charge >= 0.3 is 0 Å². The molecule has 1 atom stereocenters. The first-order valence-corrected chi connectivity index (χ1v) is 10.6. The zero-order chi connectivity index (χ0) is 24.4. The first kappa shape index (κ1) is 23.1. The van der Waals surface area contributed by atoms with Gasteiger partial charge in [0, 0.05) is 24.3 Å². The standard InChI is InChI=1S/C23H23FN6O4/c1-14-21(15(2)29(27-14)17-6-4-3-5-7-17)22-23(32)25-10-11-28(22)13-20(31)26-18-9-8-16(24)12-19(18)30(33)34/h3-9,12,22H,10-11,13H2,1-2H3,(H,25,32)(H,26,31). The first-order valence-electron chi connectivity index (χ1n) is 10.6. The molecule has 0 bridgehead atoms. The summed E-state index contributed by atoms with van der Waals surface area (Å²) in [4.78, 5) is 37.9. The fraction of sp³-hybridized carbons (Fsp3) is 0.261. The molecule has 2 heterocycles. The van der Waals surface area contributed by atoms with Crippen molar-refractivity contribution < 1.29 is 18.9 Å². The maximum Gasteiger partial charge on any atom is 0.295 e. The average Bonchev–Trinajstić information content (AvgIpc) is 3.09. The van der Waals surface area contributed by atoms with Crippen LogP contribution in [0, 0.1) is 29.8 Å². The van der Waals surface area contributed by atoms with Crippen LogP contribution in [-0.4, -0.2) is 51.1 Å². The Bertz CT molecular complexity index is 1260. The van der Waals surface area contributed by atoms with Crippen LogP contribution in [0.4, 0.5) is 15.8 Å². The maximum atomic E-state index is 13.4. The van der Waals surface area contributed by atoms with Crippen molar-refractivity contribution in [1.29, 1.82) is 0 Å². The number of aryl methyl sites for hydroxylation is 1. The van der Waals surface area contributed by atoms with Gasteiger partial charge in [-0.05, 0) is 38.1 Å². The largest absolute Gasteiger partial charge is 0.353 e. The van der Waals surface area contributed by atoms with E-state index in [4.69, 9.17) is 0 Å². The fourth-order valence-corrected chi connectivity index (χ4v) is 4.21. The molecule has 2 amide bonds. The highest BCUT2D eigenvalue weighted by Gasteiger charge is 2.36. The summed E-state index contributed by atoms with van der Waals surface area (Å²) in [5, 5.41) is 21.2. The number of piperazine rings is 1. The summed E-state index contributed by atoms with van der Waals surface area (Å²) in [5.41, 5.74) is 2.31. The summed E-state index contributed by atoms with van der Waals surface area (Å²) in [6.07, 6.45) is 0. The number of nitro benzene ring substituents is 1. The van der Waals surface area contributed by atoms with Crippen LogP contribution in [-0.2, 0) is 9.59 Å². The molecule has 3 aromatic rings. The Morgan fingerprint density at radius 1 is 1.26 bits per heavy atom. The minimum Gasteiger partial charge on any atom is -0.353 e. The normalized spacial score (nSPS) is 16.2. The SMILES string of the molecule is Cc1nn(-c2ccccc2)c(C)c1C1C(=O)NCCN1CC(=O)Nc1ccc(F)cc1[N+](=O)[O-]. The summed E-state index contributed by atoms with van der Waals surface area (Å²) in [5.74, 6) is -1.59. The number of hydrogen-bond acceptors (Lipinski definition) is 6. The van der Waals surface area contributed by atoms with Gasteiger partial charge in [0.05, 0.1) is 28.9 Å². The van der Waals surface area contributed by atoms with Gasteiger partial charge in [-0.2, -0.15) is 5.10 Å². The van der Waals surface area contributed by atoms with Gasteiger partial charge in [0.25, 0.3) is 5.69 Å². The lowest BCUT2D eigenvalue weighted by Crippen LogP contribution is -2.52. The minimum atomic E-state index is -0.779. The maximum absolute atomic E-state index is 13.4. The van der Waals surface area contributed by atoms with Crippen LogP contribution in [0.1, 0.15) is 23.0 Å². The van der Waals surface area contributed by atoms with E-state index >= 15 is 0 Å². The van der Waals surface area contributed by atoms with E-state index in [0.717, 1.165) is 29.6 Å². The van der Waals surface area contributed by atoms with E-state index in [-0.39, 0.29) is 18.1 Å². The molecule has 4 rings (SSSR count). The topological polar surface area (TPSA) is 122 Å².